The molecule has 1 aliphatic carbocycles. The number of rotatable bonds is 1. The predicted octanol–water partition coefficient (Wildman–Crippen LogP) is 2.57. The first-order valence-corrected chi connectivity index (χ1v) is 5.40. The van der Waals surface area contributed by atoms with Crippen molar-refractivity contribution in [3.8, 4) is 6.07 Å². The summed E-state index contributed by atoms with van der Waals surface area (Å²) in [5.41, 5.74) is 0.924. The van der Waals surface area contributed by atoms with Crippen molar-refractivity contribution in [3.63, 3.8) is 0 Å². The topological polar surface area (TPSA) is 44.0 Å². The third kappa shape index (κ3) is 1.64. The van der Waals surface area contributed by atoms with Crippen LogP contribution in [0, 0.1) is 17.2 Å². The zero-order valence-corrected chi connectivity index (χ0v) is 8.90. The van der Waals surface area contributed by atoms with Gasteiger partial charge in [-0.1, -0.05) is 19.1 Å². The molecule has 1 fully saturated rings. The van der Waals surface area contributed by atoms with Crippen molar-refractivity contribution in [2.45, 2.75) is 31.8 Å². The van der Waals surface area contributed by atoms with Crippen LogP contribution in [0.15, 0.2) is 24.3 Å². The van der Waals surface area contributed by atoms with E-state index in [4.69, 9.17) is 5.26 Å². The van der Waals surface area contributed by atoms with Gasteiger partial charge in [0.05, 0.1) is 17.2 Å². The minimum Gasteiger partial charge on any atom is -0.385 e. The standard InChI is InChI=1S/C13H15NO/c1-10-3-2-8-13(10,15)12-6-4-11(9-14)5-7-12/h4-7,10,15H,2-3,8H2,1H3/t10-,13+/m0/s1. The molecule has 0 aliphatic heterocycles. The average molecular weight is 201 g/mol. The highest BCUT2D eigenvalue weighted by atomic mass is 16.3. The highest BCUT2D eigenvalue weighted by Crippen LogP contribution is 2.43. The Kier molecular flexibility index (Phi) is 2.50. The minimum atomic E-state index is -0.673. The monoisotopic (exact) mass is 201 g/mol. The maximum absolute atomic E-state index is 10.5. The van der Waals surface area contributed by atoms with Crippen molar-refractivity contribution in [3.05, 3.63) is 35.4 Å². The molecule has 0 unspecified atom stereocenters. The van der Waals surface area contributed by atoms with E-state index in [1.54, 1.807) is 12.1 Å². The molecule has 1 aromatic rings. The van der Waals surface area contributed by atoms with Gasteiger partial charge in [0.25, 0.3) is 0 Å². The smallest absolute Gasteiger partial charge is 0.0991 e. The van der Waals surface area contributed by atoms with Crippen LogP contribution in [0.3, 0.4) is 0 Å². The largest absolute Gasteiger partial charge is 0.385 e. The van der Waals surface area contributed by atoms with Gasteiger partial charge in [-0.2, -0.15) is 5.26 Å². The lowest BCUT2D eigenvalue weighted by atomic mass is 9.85. The molecule has 0 heterocycles. The maximum Gasteiger partial charge on any atom is 0.0991 e. The van der Waals surface area contributed by atoms with Gasteiger partial charge in [0.2, 0.25) is 0 Å². The van der Waals surface area contributed by atoms with E-state index in [0.717, 1.165) is 24.8 Å². The number of hydrogen-bond donors (Lipinski definition) is 1. The minimum absolute atomic E-state index is 0.311. The Morgan fingerprint density at radius 2 is 2.07 bits per heavy atom. The SMILES string of the molecule is C[C@H]1CCC[C@]1(O)c1ccc(C#N)cc1. The lowest BCUT2D eigenvalue weighted by molar-refractivity contribution is 0.00449. The molecule has 1 saturated carbocycles. The summed E-state index contributed by atoms with van der Waals surface area (Å²) < 4.78 is 0. The van der Waals surface area contributed by atoms with Crippen LogP contribution in [0.2, 0.25) is 0 Å². The van der Waals surface area contributed by atoms with Crippen LogP contribution in [0.1, 0.15) is 37.3 Å². The first-order chi connectivity index (χ1) is 7.16. The number of nitrogens with zero attached hydrogens (tertiary/aromatic N) is 1. The Morgan fingerprint density at radius 1 is 1.40 bits per heavy atom. The highest BCUT2D eigenvalue weighted by molar-refractivity contribution is 5.34. The van der Waals surface area contributed by atoms with Crippen LogP contribution < -0.4 is 0 Å². The Bertz CT molecular complexity index is 390. The van der Waals surface area contributed by atoms with Crippen molar-refractivity contribution in [2.24, 2.45) is 5.92 Å². The van der Waals surface area contributed by atoms with E-state index in [1.165, 1.54) is 0 Å². The van der Waals surface area contributed by atoms with Crippen LogP contribution in [0.5, 0.6) is 0 Å². The van der Waals surface area contributed by atoms with E-state index < -0.39 is 5.60 Å². The summed E-state index contributed by atoms with van der Waals surface area (Å²) in [7, 11) is 0. The summed E-state index contributed by atoms with van der Waals surface area (Å²) in [4.78, 5) is 0. The second kappa shape index (κ2) is 3.67. The zero-order chi connectivity index (χ0) is 10.9. The number of benzene rings is 1. The Balaban J connectivity index is 2.33. The normalized spacial score (nSPS) is 30.1. The third-order valence-electron chi connectivity index (χ3n) is 3.52. The van der Waals surface area contributed by atoms with Gasteiger partial charge in [-0.15, -0.1) is 0 Å². The summed E-state index contributed by atoms with van der Waals surface area (Å²) in [5.74, 6) is 0.311. The van der Waals surface area contributed by atoms with Crippen LogP contribution in [-0.4, -0.2) is 5.11 Å². The summed E-state index contributed by atoms with van der Waals surface area (Å²) in [5, 5.41) is 19.2. The molecule has 1 N–H and O–H groups in total. The molecule has 0 saturated heterocycles. The summed E-state index contributed by atoms with van der Waals surface area (Å²) in [6.07, 6.45) is 2.99. The molecule has 15 heavy (non-hydrogen) atoms. The first kappa shape index (κ1) is 10.2. The van der Waals surface area contributed by atoms with Gasteiger partial charge in [0.1, 0.15) is 0 Å². The van der Waals surface area contributed by atoms with E-state index in [1.807, 2.05) is 12.1 Å². The van der Waals surface area contributed by atoms with Crippen molar-refractivity contribution in [1.29, 1.82) is 5.26 Å². The molecule has 0 radical (unpaired) electrons. The molecule has 0 aromatic heterocycles. The summed E-state index contributed by atoms with van der Waals surface area (Å²) in [6.45, 7) is 2.09. The molecule has 1 aliphatic rings. The van der Waals surface area contributed by atoms with Gasteiger partial charge >= 0.3 is 0 Å². The molecule has 78 valence electrons. The molecule has 0 bridgehead atoms. The summed E-state index contributed by atoms with van der Waals surface area (Å²) in [6, 6.07) is 9.39. The van der Waals surface area contributed by atoms with E-state index in [-0.39, 0.29) is 0 Å². The van der Waals surface area contributed by atoms with E-state index in [2.05, 4.69) is 13.0 Å². The van der Waals surface area contributed by atoms with Crippen molar-refractivity contribution >= 4 is 0 Å². The Labute approximate surface area is 90.2 Å². The molecule has 2 atom stereocenters. The second-order valence-corrected chi connectivity index (χ2v) is 4.41. The first-order valence-electron chi connectivity index (χ1n) is 5.40. The van der Waals surface area contributed by atoms with Gasteiger partial charge < -0.3 is 5.11 Å². The zero-order valence-electron chi connectivity index (χ0n) is 8.90. The fraction of sp³-hybridized carbons (Fsp3) is 0.462. The van der Waals surface area contributed by atoms with E-state index >= 15 is 0 Å². The van der Waals surface area contributed by atoms with Gasteiger partial charge in [-0.05, 0) is 42.9 Å². The van der Waals surface area contributed by atoms with Gasteiger partial charge in [0.15, 0.2) is 0 Å². The van der Waals surface area contributed by atoms with Gasteiger partial charge in [0, 0.05) is 0 Å². The van der Waals surface area contributed by atoms with Crippen LogP contribution in [-0.2, 0) is 5.60 Å². The lowest BCUT2D eigenvalue weighted by Crippen LogP contribution is -2.28. The lowest BCUT2D eigenvalue weighted by Gasteiger charge is -2.28. The molecule has 2 nitrogen and oxygen atoms in total. The van der Waals surface area contributed by atoms with Gasteiger partial charge in [-0.3, -0.25) is 0 Å². The van der Waals surface area contributed by atoms with E-state index in [9.17, 15) is 5.11 Å². The predicted molar refractivity (Wildman–Crippen MR) is 58.1 cm³/mol. The van der Waals surface area contributed by atoms with Gasteiger partial charge in [-0.25, -0.2) is 0 Å². The molecule has 0 spiro atoms. The number of aliphatic hydroxyl groups is 1. The van der Waals surface area contributed by atoms with Crippen molar-refractivity contribution in [2.75, 3.05) is 0 Å². The van der Waals surface area contributed by atoms with E-state index in [0.29, 0.717) is 11.5 Å². The maximum atomic E-state index is 10.5. The Morgan fingerprint density at radius 3 is 2.53 bits per heavy atom. The number of hydrogen-bond acceptors (Lipinski definition) is 2. The summed E-state index contributed by atoms with van der Waals surface area (Å²) >= 11 is 0. The highest BCUT2D eigenvalue weighted by Gasteiger charge is 2.39. The van der Waals surface area contributed by atoms with Crippen molar-refractivity contribution in [1.82, 2.24) is 0 Å². The average Bonchev–Trinajstić information content (AvgIpc) is 2.61. The van der Waals surface area contributed by atoms with Crippen molar-refractivity contribution < 1.29 is 5.11 Å². The van der Waals surface area contributed by atoms with Crippen LogP contribution in [0.4, 0.5) is 0 Å². The van der Waals surface area contributed by atoms with Crippen LogP contribution >= 0.6 is 0 Å². The molecular weight excluding hydrogens is 186 g/mol. The fourth-order valence-corrected chi connectivity index (χ4v) is 2.43. The molecule has 0 amide bonds. The third-order valence-corrected chi connectivity index (χ3v) is 3.52. The Hall–Kier alpha value is -1.33. The molecule has 2 heteroatoms. The molecular formula is C13H15NO. The molecule has 2 rings (SSSR count). The molecule has 1 aromatic carbocycles. The van der Waals surface area contributed by atoms with Crippen LogP contribution in [0.25, 0.3) is 0 Å². The number of nitriles is 1. The fourth-order valence-electron chi connectivity index (χ4n) is 2.43. The quantitative estimate of drug-likeness (QED) is 0.758. The second-order valence-electron chi connectivity index (χ2n) is 4.41.